The van der Waals surface area contributed by atoms with E-state index in [4.69, 9.17) is 0 Å². The number of pyridine rings is 1. The van der Waals surface area contributed by atoms with E-state index >= 15 is 0 Å². The van der Waals surface area contributed by atoms with Gasteiger partial charge in [-0.05, 0) is 25.0 Å². The third kappa shape index (κ3) is 4.27. The zero-order valence-electron chi connectivity index (χ0n) is 14.7. The van der Waals surface area contributed by atoms with Crippen molar-refractivity contribution in [3.63, 3.8) is 0 Å². The Balaban J connectivity index is 1.57. The molecular weight excluding hydrogens is 352 g/mol. The van der Waals surface area contributed by atoms with Gasteiger partial charge in [0.05, 0.1) is 17.0 Å². The molecule has 1 fully saturated rings. The number of amides is 1. The van der Waals surface area contributed by atoms with E-state index in [-0.39, 0.29) is 42.1 Å². The number of ketones is 1. The molecule has 7 heteroatoms. The van der Waals surface area contributed by atoms with E-state index in [0.29, 0.717) is 18.5 Å². The van der Waals surface area contributed by atoms with Crippen LogP contribution in [0.4, 0.5) is 0 Å². The van der Waals surface area contributed by atoms with E-state index in [1.54, 1.807) is 18.0 Å². The number of hydrogen-bond acceptors (Lipinski definition) is 5. The van der Waals surface area contributed by atoms with Crippen molar-refractivity contribution in [2.45, 2.75) is 31.7 Å². The highest BCUT2D eigenvalue weighted by Crippen LogP contribution is 2.19. The number of Topliss-reactive ketones (excluding diaryl/α,β-unsaturated/α-hetero) is 1. The highest BCUT2D eigenvalue weighted by molar-refractivity contribution is 7.91. The standard InChI is InChI=1S/C19H22N2O4S/c1-21(15-10-12-26(24,25)13-11-15)19(23)9-8-18(22)17-7-6-14-4-2-3-5-16(14)20-17/h2-7,15H,8-13H2,1H3. The van der Waals surface area contributed by atoms with E-state index < -0.39 is 9.84 Å². The third-order valence-electron chi connectivity index (χ3n) is 4.92. The Labute approximate surface area is 153 Å². The molecule has 1 aliphatic heterocycles. The van der Waals surface area contributed by atoms with Gasteiger partial charge in [0.25, 0.3) is 0 Å². The Bertz CT molecular complexity index is 925. The van der Waals surface area contributed by atoms with Crippen molar-refractivity contribution < 1.29 is 18.0 Å². The maximum absolute atomic E-state index is 12.4. The molecule has 26 heavy (non-hydrogen) atoms. The number of fused-ring (bicyclic) bond motifs is 1. The average molecular weight is 374 g/mol. The number of sulfone groups is 1. The molecule has 0 atom stereocenters. The second-order valence-electron chi connectivity index (χ2n) is 6.70. The Morgan fingerprint density at radius 3 is 2.50 bits per heavy atom. The number of para-hydroxylation sites is 1. The Kier molecular flexibility index (Phi) is 5.36. The van der Waals surface area contributed by atoms with E-state index in [0.717, 1.165) is 10.9 Å². The summed E-state index contributed by atoms with van der Waals surface area (Å²) in [6, 6.07) is 11.0. The van der Waals surface area contributed by atoms with Crippen LogP contribution in [0.15, 0.2) is 36.4 Å². The largest absolute Gasteiger partial charge is 0.343 e. The second-order valence-corrected chi connectivity index (χ2v) is 9.00. The van der Waals surface area contributed by atoms with E-state index in [9.17, 15) is 18.0 Å². The summed E-state index contributed by atoms with van der Waals surface area (Å²) in [6.45, 7) is 0. The molecule has 1 saturated heterocycles. The SMILES string of the molecule is CN(C(=O)CCC(=O)c1ccc2ccccc2n1)C1CCS(=O)(=O)CC1. The summed E-state index contributed by atoms with van der Waals surface area (Å²) in [6.07, 6.45) is 1.13. The Morgan fingerprint density at radius 2 is 1.77 bits per heavy atom. The fourth-order valence-corrected chi connectivity index (χ4v) is 4.68. The number of benzene rings is 1. The van der Waals surface area contributed by atoms with E-state index in [2.05, 4.69) is 4.98 Å². The summed E-state index contributed by atoms with van der Waals surface area (Å²) in [5.74, 6) is -0.0584. The van der Waals surface area contributed by atoms with Crippen molar-refractivity contribution in [2.24, 2.45) is 0 Å². The molecule has 1 aromatic heterocycles. The third-order valence-corrected chi connectivity index (χ3v) is 6.63. The fraction of sp³-hybridized carbons (Fsp3) is 0.421. The van der Waals surface area contributed by atoms with Gasteiger partial charge in [-0.2, -0.15) is 0 Å². The first kappa shape index (κ1) is 18.5. The highest BCUT2D eigenvalue weighted by atomic mass is 32.2. The highest BCUT2D eigenvalue weighted by Gasteiger charge is 2.28. The summed E-state index contributed by atoms with van der Waals surface area (Å²) < 4.78 is 23.0. The number of nitrogens with zero attached hydrogens (tertiary/aromatic N) is 2. The summed E-state index contributed by atoms with van der Waals surface area (Å²) >= 11 is 0. The first-order valence-corrected chi connectivity index (χ1v) is 10.5. The van der Waals surface area contributed by atoms with Crippen LogP contribution in [-0.4, -0.2) is 54.6 Å². The zero-order valence-corrected chi connectivity index (χ0v) is 15.5. The van der Waals surface area contributed by atoms with Gasteiger partial charge in [-0.25, -0.2) is 13.4 Å². The van der Waals surface area contributed by atoms with Crippen molar-refractivity contribution in [1.82, 2.24) is 9.88 Å². The van der Waals surface area contributed by atoms with Crippen molar-refractivity contribution in [2.75, 3.05) is 18.6 Å². The lowest BCUT2D eigenvalue weighted by atomic mass is 10.1. The Morgan fingerprint density at radius 1 is 1.08 bits per heavy atom. The van der Waals surface area contributed by atoms with Crippen LogP contribution < -0.4 is 0 Å². The van der Waals surface area contributed by atoms with Crippen LogP contribution in [0.1, 0.15) is 36.2 Å². The van der Waals surface area contributed by atoms with E-state index in [1.165, 1.54) is 0 Å². The summed E-state index contributed by atoms with van der Waals surface area (Å²) in [7, 11) is -1.27. The van der Waals surface area contributed by atoms with Gasteiger partial charge in [0.2, 0.25) is 5.91 Å². The van der Waals surface area contributed by atoms with Gasteiger partial charge in [-0.15, -0.1) is 0 Å². The average Bonchev–Trinajstić information content (AvgIpc) is 2.64. The lowest BCUT2D eigenvalue weighted by Crippen LogP contribution is -2.42. The van der Waals surface area contributed by atoms with Gasteiger partial charge in [0.1, 0.15) is 15.5 Å². The molecule has 138 valence electrons. The maximum atomic E-state index is 12.4. The Hall–Kier alpha value is -2.28. The molecule has 1 aromatic carbocycles. The van der Waals surface area contributed by atoms with E-state index in [1.807, 2.05) is 30.3 Å². The quantitative estimate of drug-likeness (QED) is 0.750. The lowest BCUT2D eigenvalue weighted by molar-refractivity contribution is -0.132. The van der Waals surface area contributed by atoms with Crippen LogP contribution in [0.5, 0.6) is 0 Å². The molecule has 0 saturated carbocycles. The monoisotopic (exact) mass is 374 g/mol. The predicted molar refractivity (Wildman–Crippen MR) is 99.8 cm³/mol. The number of aromatic nitrogens is 1. The van der Waals surface area contributed by atoms with Gasteiger partial charge < -0.3 is 4.90 Å². The molecule has 0 spiro atoms. The minimum Gasteiger partial charge on any atom is -0.343 e. The first-order chi connectivity index (χ1) is 12.4. The molecule has 0 radical (unpaired) electrons. The smallest absolute Gasteiger partial charge is 0.223 e. The van der Waals surface area contributed by atoms with Crippen molar-refractivity contribution in [3.05, 3.63) is 42.1 Å². The van der Waals surface area contributed by atoms with Crippen molar-refractivity contribution >= 4 is 32.4 Å². The van der Waals surface area contributed by atoms with Gasteiger partial charge in [0, 0.05) is 31.3 Å². The normalized spacial score (nSPS) is 17.1. The van der Waals surface area contributed by atoms with Gasteiger partial charge >= 0.3 is 0 Å². The van der Waals surface area contributed by atoms with Gasteiger partial charge in [-0.3, -0.25) is 9.59 Å². The molecule has 6 nitrogen and oxygen atoms in total. The predicted octanol–water partition coefficient (Wildman–Crippen LogP) is 2.23. The minimum atomic E-state index is -2.95. The molecule has 0 aliphatic carbocycles. The number of carbonyl (C=O) groups excluding carboxylic acids is 2. The fourth-order valence-electron chi connectivity index (χ4n) is 3.21. The zero-order chi connectivity index (χ0) is 18.7. The molecule has 1 aliphatic rings. The van der Waals surface area contributed by atoms with Crippen molar-refractivity contribution in [1.29, 1.82) is 0 Å². The van der Waals surface area contributed by atoms with Crippen molar-refractivity contribution in [3.8, 4) is 0 Å². The maximum Gasteiger partial charge on any atom is 0.223 e. The van der Waals surface area contributed by atoms with Gasteiger partial charge in [-0.1, -0.05) is 24.3 Å². The van der Waals surface area contributed by atoms with Crippen LogP contribution in [0, 0.1) is 0 Å². The molecule has 3 rings (SSSR count). The lowest BCUT2D eigenvalue weighted by Gasteiger charge is -2.31. The minimum absolute atomic E-state index is 0.0695. The number of hydrogen-bond donors (Lipinski definition) is 0. The second kappa shape index (κ2) is 7.53. The van der Waals surface area contributed by atoms with Crippen LogP contribution in [0.3, 0.4) is 0 Å². The molecular formula is C19H22N2O4S. The summed E-state index contributed by atoms with van der Waals surface area (Å²) in [5.41, 5.74) is 1.12. The first-order valence-electron chi connectivity index (χ1n) is 8.71. The van der Waals surface area contributed by atoms with Crippen LogP contribution in [0.25, 0.3) is 10.9 Å². The number of rotatable bonds is 5. The summed E-state index contributed by atoms with van der Waals surface area (Å²) in [5, 5.41) is 0.965. The molecule has 0 unspecified atom stereocenters. The molecule has 0 N–H and O–H groups in total. The molecule has 2 heterocycles. The van der Waals surface area contributed by atoms with Crippen LogP contribution >= 0.6 is 0 Å². The topological polar surface area (TPSA) is 84.4 Å². The van der Waals surface area contributed by atoms with Gasteiger partial charge in [0.15, 0.2) is 5.78 Å². The molecule has 1 amide bonds. The van der Waals surface area contributed by atoms with Crippen LogP contribution in [-0.2, 0) is 14.6 Å². The van der Waals surface area contributed by atoms with Crippen LogP contribution in [0.2, 0.25) is 0 Å². The number of carbonyl (C=O) groups is 2. The summed E-state index contributed by atoms with van der Waals surface area (Å²) in [4.78, 5) is 30.7. The molecule has 2 aromatic rings. The molecule has 0 bridgehead atoms.